The highest BCUT2D eigenvalue weighted by molar-refractivity contribution is 5.90. The molecular formula is C16H17F3N2O2. The monoisotopic (exact) mass is 326 g/mol. The molecule has 0 aliphatic carbocycles. The van der Waals surface area contributed by atoms with Gasteiger partial charge >= 0.3 is 6.18 Å². The third-order valence-electron chi connectivity index (χ3n) is 3.57. The van der Waals surface area contributed by atoms with Crippen LogP contribution in [0.1, 0.15) is 11.3 Å². The first-order valence-electron chi connectivity index (χ1n) is 7.04. The molecule has 0 amide bonds. The van der Waals surface area contributed by atoms with Gasteiger partial charge in [0.2, 0.25) is 0 Å². The van der Waals surface area contributed by atoms with E-state index in [-0.39, 0.29) is 11.1 Å². The van der Waals surface area contributed by atoms with Crippen molar-refractivity contribution >= 4 is 16.6 Å². The zero-order valence-electron chi connectivity index (χ0n) is 12.9. The fourth-order valence-electron chi connectivity index (χ4n) is 2.54. The average Bonchev–Trinajstić information content (AvgIpc) is 2.80. The number of hydrogen-bond donors (Lipinski definition) is 0. The van der Waals surface area contributed by atoms with E-state index < -0.39 is 11.7 Å². The maximum absolute atomic E-state index is 13.3. The largest absolute Gasteiger partial charge is 0.408 e. The van der Waals surface area contributed by atoms with Gasteiger partial charge in [-0.15, -0.1) is 0 Å². The van der Waals surface area contributed by atoms with E-state index in [2.05, 4.69) is 4.85 Å². The predicted octanol–water partition coefficient (Wildman–Crippen LogP) is 4.18. The van der Waals surface area contributed by atoms with Crippen LogP contribution < -0.4 is 0 Å². The summed E-state index contributed by atoms with van der Waals surface area (Å²) in [4.78, 5) is 3.00. The van der Waals surface area contributed by atoms with Gasteiger partial charge in [0.05, 0.1) is 32.0 Å². The average molecular weight is 326 g/mol. The Bertz CT molecular complexity index is 729. The molecule has 0 fully saturated rings. The van der Waals surface area contributed by atoms with E-state index >= 15 is 0 Å². The number of aromatic nitrogens is 1. The van der Waals surface area contributed by atoms with E-state index in [4.69, 9.17) is 16.0 Å². The fourth-order valence-corrected chi connectivity index (χ4v) is 2.54. The lowest BCUT2D eigenvalue weighted by atomic mass is 10.1. The molecule has 2 aromatic rings. The zero-order valence-corrected chi connectivity index (χ0v) is 12.9. The summed E-state index contributed by atoms with van der Waals surface area (Å²) >= 11 is 0. The zero-order chi connectivity index (χ0) is 17.0. The molecule has 1 aromatic heterocycles. The lowest BCUT2D eigenvalue weighted by molar-refractivity contribution is -0.135. The Morgan fingerprint density at radius 2 is 1.96 bits per heavy atom. The van der Waals surface area contributed by atoms with Crippen LogP contribution in [0.3, 0.4) is 0 Å². The van der Waals surface area contributed by atoms with Crippen LogP contribution in [-0.4, -0.2) is 31.5 Å². The molecule has 23 heavy (non-hydrogen) atoms. The molecule has 0 aliphatic heterocycles. The Morgan fingerprint density at radius 1 is 1.22 bits per heavy atom. The molecule has 0 bridgehead atoms. The number of methoxy groups -OCH3 is 1. The van der Waals surface area contributed by atoms with Gasteiger partial charge in [0, 0.05) is 30.3 Å². The number of aryl methyl sites for hydroxylation is 1. The Hall–Kier alpha value is -2.04. The van der Waals surface area contributed by atoms with Gasteiger partial charge in [-0.1, -0.05) is 6.07 Å². The number of ether oxygens (including phenoxy) is 2. The Labute approximate surface area is 132 Å². The topological polar surface area (TPSA) is 27.8 Å². The van der Waals surface area contributed by atoms with Gasteiger partial charge in [0.15, 0.2) is 5.69 Å². The molecule has 0 atom stereocenters. The summed E-state index contributed by atoms with van der Waals surface area (Å²) in [5.74, 6) is 0. The first-order chi connectivity index (χ1) is 10.9. The van der Waals surface area contributed by atoms with Crippen LogP contribution in [0.5, 0.6) is 0 Å². The summed E-state index contributed by atoms with van der Waals surface area (Å²) < 4.78 is 51.9. The Morgan fingerprint density at radius 3 is 2.57 bits per heavy atom. The molecule has 0 radical (unpaired) electrons. The van der Waals surface area contributed by atoms with Gasteiger partial charge in [0.1, 0.15) is 0 Å². The van der Waals surface area contributed by atoms with Crippen molar-refractivity contribution in [1.29, 1.82) is 0 Å². The van der Waals surface area contributed by atoms with Gasteiger partial charge in [-0.05, 0) is 19.1 Å². The van der Waals surface area contributed by atoms with E-state index in [0.29, 0.717) is 37.6 Å². The molecule has 0 saturated carbocycles. The van der Waals surface area contributed by atoms with Crippen molar-refractivity contribution in [2.75, 3.05) is 26.9 Å². The van der Waals surface area contributed by atoms with Crippen LogP contribution in [0.4, 0.5) is 18.9 Å². The second kappa shape index (κ2) is 7.02. The molecule has 7 heteroatoms. The maximum Gasteiger partial charge on any atom is 0.408 e. The summed E-state index contributed by atoms with van der Waals surface area (Å²) in [7, 11) is 1.57. The number of alkyl halides is 3. The highest BCUT2D eigenvalue weighted by atomic mass is 19.4. The molecule has 124 valence electrons. The standard InChI is InChI=1S/C16H17F3N2O2/c1-11-10-12-14(21(11)6-7-23-9-8-22-3)5-4-13(20-2)15(12)16(17,18)19/h4-5,10H,6-9H2,1,3H3. The number of nitrogens with zero attached hydrogens (tertiary/aromatic N) is 2. The minimum absolute atomic E-state index is 0.0559. The molecule has 0 N–H and O–H groups in total. The Kier molecular flexibility index (Phi) is 5.29. The van der Waals surface area contributed by atoms with Gasteiger partial charge < -0.3 is 14.0 Å². The second-order valence-electron chi connectivity index (χ2n) is 5.04. The van der Waals surface area contributed by atoms with Crippen molar-refractivity contribution < 1.29 is 22.6 Å². The smallest absolute Gasteiger partial charge is 0.382 e. The highest BCUT2D eigenvalue weighted by Crippen LogP contribution is 2.42. The Balaban J connectivity index is 2.38. The van der Waals surface area contributed by atoms with Crippen molar-refractivity contribution in [3.05, 3.63) is 40.9 Å². The van der Waals surface area contributed by atoms with Gasteiger partial charge in [-0.2, -0.15) is 13.2 Å². The quantitative estimate of drug-likeness (QED) is 0.588. The van der Waals surface area contributed by atoms with Crippen molar-refractivity contribution in [3.63, 3.8) is 0 Å². The van der Waals surface area contributed by atoms with E-state index in [1.165, 1.54) is 12.1 Å². The molecule has 0 aliphatic rings. The molecule has 2 rings (SSSR count). The van der Waals surface area contributed by atoms with Crippen molar-refractivity contribution in [1.82, 2.24) is 4.57 Å². The van der Waals surface area contributed by atoms with Crippen LogP contribution in [0.2, 0.25) is 0 Å². The van der Waals surface area contributed by atoms with Crippen LogP contribution >= 0.6 is 0 Å². The van der Waals surface area contributed by atoms with E-state index in [1.54, 1.807) is 24.7 Å². The molecule has 0 unspecified atom stereocenters. The minimum Gasteiger partial charge on any atom is -0.382 e. The van der Waals surface area contributed by atoms with Crippen molar-refractivity contribution in [2.24, 2.45) is 0 Å². The first kappa shape index (κ1) is 17.3. The number of hydrogen-bond acceptors (Lipinski definition) is 2. The molecule has 0 saturated heterocycles. The third-order valence-corrected chi connectivity index (χ3v) is 3.57. The highest BCUT2D eigenvalue weighted by Gasteiger charge is 2.36. The SMILES string of the molecule is [C-]#[N+]c1ccc2c(cc(C)n2CCOCCOC)c1C(F)(F)F. The molecule has 0 spiro atoms. The molecule has 4 nitrogen and oxygen atoms in total. The van der Waals surface area contributed by atoms with E-state index in [1.807, 2.05) is 0 Å². The molecule has 1 aromatic carbocycles. The summed E-state index contributed by atoms with van der Waals surface area (Å²) in [5, 5.41) is 0.0559. The van der Waals surface area contributed by atoms with E-state index in [0.717, 1.165) is 0 Å². The summed E-state index contributed by atoms with van der Waals surface area (Å²) in [6.45, 7) is 10.4. The number of halogens is 3. The summed E-state index contributed by atoms with van der Waals surface area (Å²) in [5.41, 5.74) is -0.0915. The van der Waals surface area contributed by atoms with Crippen LogP contribution in [0.25, 0.3) is 15.7 Å². The second-order valence-corrected chi connectivity index (χ2v) is 5.04. The molecular weight excluding hydrogens is 309 g/mol. The lowest BCUT2D eigenvalue weighted by Crippen LogP contribution is -2.10. The summed E-state index contributed by atoms with van der Waals surface area (Å²) in [6, 6.07) is 4.25. The van der Waals surface area contributed by atoms with E-state index in [9.17, 15) is 13.2 Å². The number of fused-ring (bicyclic) bond motifs is 1. The normalized spacial score (nSPS) is 11.8. The van der Waals surface area contributed by atoms with Crippen LogP contribution in [0, 0.1) is 13.5 Å². The van der Waals surface area contributed by atoms with Gasteiger partial charge in [-0.25, -0.2) is 4.85 Å². The fraction of sp³-hybridized carbons (Fsp3) is 0.438. The molecule has 1 heterocycles. The first-order valence-corrected chi connectivity index (χ1v) is 7.04. The van der Waals surface area contributed by atoms with Crippen LogP contribution in [0.15, 0.2) is 18.2 Å². The van der Waals surface area contributed by atoms with Crippen molar-refractivity contribution in [3.8, 4) is 0 Å². The maximum atomic E-state index is 13.3. The van der Waals surface area contributed by atoms with Crippen LogP contribution in [-0.2, 0) is 22.2 Å². The lowest BCUT2D eigenvalue weighted by Gasteiger charge is -2.12. The number of benzene rings is 1. The minimum atomic E-state index is -4.56. The van der Waals surface area contributed by atoms with Crippen molar-refractivity contribution in [2.45, 2.75) is 19.6 Å². The summed E-state index contributed by atoms with van der Waals surface area (Å²) in [6.07, 6.45) is -4.56. The third kappa shape index (κ3) is 3.66. The van der Waals surface area contributed by atoms with Gasteiger partial charge in [0.25, 0.3) is 0 Å². The number of rotatable bonds is 6. The van der Waals surface area contributed by atoms with Gasteiger partial charge in [-0.3, -0.25) is 0 Å². The predicted molar refractivity (Wildman–Crippen MR) is 80.6 cm³/mol.